The summed E-state index contributed by atoms with van der Waals surface area (Å²) in [7, 11) is 0. The molecule has 2 aliphatic heterocycles. The average molecular weight is 475 g/mol. The minimum absolute atomic E-state index is 0.0158. The maximum absolute atomic E-state index is 13.6. The highest BCUT2D eigenvalue weighted by Crippen LogP contribution is 2.36. The first-order valence-corrected chi connectivity index (χ1v) is 11.4. The molecule has 11 heteroatoms. The van der Waals surface area contributed by atoms with E-state index in [9.17, 15) is 22.8 Å². The van der Waals surface area contributed by atoms with Crippen molar-refractivity contribution in [2.24, 2.45) is 0 Å². The summed E-state index contributed by atoms with van der Waals surface area (Å²) in [6, 6.07) is 1.46. The maximum atomic E-state index is 13.6. The topological polar surface area (TPSA) is 71.3 Å². The molecule has 172 valence electrons. The van der Waals surface area contributed by atoms with E-state index in [0.29, 0.717) is 25.2 Å². The molecule has 2 aromatic heterocycles. The Balaban J connectivity index is 1.36. The molecule has 3 aromatic rings. The molecule has 0 N–H and O–H groups in total. The molecule has 7 nitrogen and oxygen atoms in total. The quantitative estimate of drug-likeness (QED) is 0.544. The number of halogens is 3. The van der Waals surface area contributed by atoms with Crippen LogP contribution in [0, 0.1) is 17.5 Å². The summed E-state index contributed by atoms with van der Waals surface area (Å²) in [5.41, 5.74) is 3.20. The summed E-state index contributed by atoms with van der Waals surface area (Å²) in [6.45, 7) is 3.00. The predicted molar refractivity (Wildman–Crippen MR) is 114 cm³/mol. The molecular weight excluding hydrogens is 455 g/mol. The second-order valence-electron chi connectivity index (χ2n) is 8.39. The molecule has 1 fully saturated rings. The summed E-state index contributed by atoms with van der Waals surface area (Å²) in [5, 5.41) is 4.42. The number of rotatable bonds is 4. The molecule has 0 radical (unpaired) electrons. The summed E-state index contributed by atoms with van der Waals surface area (Å²) >= 11 is 1.52. The van der Waals surface area contributed by atoms with Crippen molar-refractivity contribution in [3.05, 3.63) is 63.6 Å². The lowest BCUT2D eigenvalue weighted by Crippen LogP contribution is -2.46. The van der Waals surface area contributed by atoms with E-state index in [0.717, 1.165) is 22.7 Å². The van der Waals surface area contributed by atoms with Gasteiger partial charge in [-0.1, -0.05) is 0 Å². The molecule has 33 heavy (non-hydrogen) atoms. The van der Waals surface area contributed by atoms with Gasteiger partial charge in [0.25, 0.3) is 0 Å². The molecule has 5 rings (SSSR count). The normalized spacial score (nSPS) is 20.4. The summed E-state index contributed by atoms with van der Waals surface area (Å²) in [5.74, 6) is -4.51. The van der Waals surface area contributed by atoms with E-state index in [4.69, 9.17) is 0 Å². The zero-order chi connectivity index (χ0) is 23.3. The smallest absolute Gasteiger partial charge is 0.227 e. The Hall–Kier alpha value is -3.21. The molecule has 1 aromatic carbocycles. The van der Waals surface area contributed by atoms with Crippen LogP contribution in [0.2, 0.25) is 0 Å². The van der Waals surface area contributed by atoms with Gasteiger partial charge in [-0.25, -0.2) is 13.2 Å². The third-order valence-corrected chi connectivity index (χ3v) is 7.14. The number of amides is 2. The summed E-state index contributed by atoms with van der Waals surface area (Å²) < 4.78 is 42.2. The minimum atomic E-state index is -1.56. The van der Waals surface area contributed by atoms with E-state index in [1.807, 2.05) is 6.92 Å². The van der Waals surface area contributed by atoms with Crippen molar-refractivity contribution >= 4 is 28.8 Å². The maximum Gasteiger partial charge on any atom is 0.227 e. The number of nitrogens with zero attached hydrogens (tertiary/aromatic N) is 5. The molecule has 0 aliphatic carbocycles. The van der Waals surface area contributed by atoms with Gasteiger partial charge in [-0.2, -0.15) is 5.10 Å². The number of fused-ring (bicyclic) bond motifs is 1. The van der Waals surface area contributed by atoms with E-state index in [2.05, 4.69) is 10.1 Å². The fourth-order valence-electron chi connectivity index (χ4n) is 4.49. The van der Waals surface area contributed by atoms with Gasteiger partial charge in [0.2, 0.25) is 11.8 Å². The molecule has 1 unspecified atom stereocenters. The molecule has 4 heterocycles. The second-order valence-corrected chi connectivity index (χ2v) is 9.31. The van der Waals surface area contributed by atoms with E-state index >= 15 is 0 Å². The number of thiazole rings is 1. The highest BCUT2D eigenvalue weighted by molar-refractivity contribution is 7.09. The van der Waals surface area contributed by atoms with Gasteiger partial charge in [0.15, 0.2) is 17.5 Å². The van der Waals surface area contributed by atoms with Gasteiger partial charge < -0.3 is 9.80 Å². The van der Waals surface area contributed by atoms with Crippen LogP contribution in [0.25, 0.3) is 0 Å². The molecular formula is C22H20F3N5O2S. The molecule has 2 amide bonds. The Bertz CT molecular complexity index is 1210. The SMILES string of the molecule is C[C@H]1Cn2ncc(N3CC(c4cncs4)CC3=O)c2CN1C(=O)Cc1cc(F)c(F)c(F)c1. The highest BCUT2D eigenvalue weighted by Gasteiger charge is 2.37. The highest BCUT2D eigenvalue weighted by atomic mass is 32.1. The molecule has 2 atom stereocenters. The van der Waals surface area contributed by atoms with Crippen LogP contribution in [0.15, 0.2) is 30.0 Å². The molecule has 0 saturated carbocycles. The van der Waals surface area contributed by atoms with Crippen molar-refractivity contribution in [3.8, 4) is 0 Å². The van der Waals surface area contributed by atoms with Gasteiger partial charge in [-0.3, -0.25) is 19.3 Å². The van der Waals surface area contributed by atoms with Crippen molar-refractivity contribution in [2.75, 3.05) is 11.4 Å². The lowest BCUT2D eigenvalue weighted by molar-refractivity contribution is -0.134. The Kier molecular flexibility index (Phi) is 5.43. The monoisotopic (exact) mass is 475 g/mol. The molecule has 0 bridgehead atoms. The number of carbonyl (C=O) groups excluding carboxylic acids is 2. The van der Waals surface area contributed by atoms with Gasteiger partial charge in [0.05, 0.1) is 42.6 Å². The van der Waals surface area contributed by atoms with Crippen molar-refractivity contribution < 1.29 is 22.8 Å². The molecule has 0 spiro atoms. The zero-order valence-electron chi connectivity index (χ0n) is 17.7. The number of hydrogen-bond acceptors (Lipinski definition) is 5. The van der Waals surface area contributed by atoms with E-state index in [1.165, 1.54) is 11.3 Å². The Morgan fingerprint density at radius 1 is 1.18 bits per heavy atom. The molecule has 1 saturated heterocycles. The first-order valence-electron chi connectivity index (χ1n) is 10.5. The van der Waals surface area contributed by atoms with E-state index < -0.39 is 17.5 Å². The fourth-order valence-corrected chi connectivity index (χ4v) is 5.21. The van der Waals surface area contributed by atoms with Crippen molar-refractivity contribution in [2.45, 2.75) is 44.8 Å². The number of aromatic nitrogens is 3. The molecule has 2 aliphatic rings. The number of hydrogen-bond donors (Lipinski definition) is 0. The van der Waals surface area contributed by atoms with Crippen LogP contribution in [-0.4, -0.2) is 44.1 Å². The van der Waals surface area contributed by atoms with Crippen molar-refractivity contribution in [3.63, 3.8) is 0 Å². The van der Waals surface area contributed by atoms with Gasteiger partial charge >= 0.3 is 0 Å². The summed E-state index contributed by atoms with van der Waals surface area (Å²) in [4.78, 5) is 34.2. The van der Waals surface area contributed by atoms with Crippen molar-refractivity contribution in [1.82, 2.24) is 19.7 Å². The third kappa shape index (κ3) is 3.90. The van der Waals surface area contributed by atoms with E-state index in [1.54, 1.807) is 32.4 Å². The Labute approximate surface area is 191 Å². The van der Waals surface area contributed by atoms with Crippen LogP contribution in [-0.2, 0) is 29.1 Å². The average Bonchev–Trinajstić information content (AvgIpc) is 3.50. The zero-order valence-corrected chi connectivity index (χ0v) is 18.5. The lowest BCUT2D eigenvalue weighted by atomic mass is 10.1. The predicted octanol–water partition coefficient (Wildman–Crippen LogP) is 3.25. The standard InChI is InChI=1S/C22H20F3N5O2S/c1-12-8-30-18(10-28(12)20(31)4-13-2-15(23)22(25)16(24)3-13)17(6-27-30)29-9-14(5-21(29)32)19-7-26-11-33-19/h2-3,6-7,11-12,14H,4-5,8-10H2,1H3/t12-,14?/m0/s1. The summed E-state index contributed by atoms with van der Waals surface area (Å²) in [6.07, 6.45) is 3.54. The van der Waals surface area contributed by atoms with Crippen molar-refractivity contribution in [1.29, 1.82) is 0 Å². The Morgan fingerprint density at radius 2 is 1.94 bits per heavy atom. The lowest BCUT2D eigenvalue weighted by Gasteiger charge is -2.35. The van der Waals surface area contributed by atoms with Gasteiger partial charge in [-0.05, 0) is 24.6 Å². The minimum Gasteiger partial charge on any atom is -0.332 e. The second kappa shape index (κ2) is 8.29. The third-order valence-electron chi connectivity index (χ3n) is 6.20. The number of benzene rings is 1. The van der Waals surface area contributed by atoms with Crippen LogP contribution in [0.5, 0.6) is 0 Å². The van der Waals surface area contributed by atoms with Crippen LogP contribution < -0.4 is 4.90 Å². The largest absolute Gasteiger partial charge is 0.332 e. The van der Waals surface area contributed by atoms with Gasteiger partial charge in [-0.15, -0.1) is 11.3 Å². The first-order chi connectivity index (χ1) is 15.8. The number of anilines is 1. The van der Waals surface area contributed by atoms with Gasteiger partial charge in [0, 0.05) is 36.0 Å². The van der Waals surface area contributed by atoms with Gasteiger partial charge in [0.1, 0.15) is 0 Å². The van der Waals surface area contributed by atoms with Crippen LogP contribution in [0.4, 0.5) is 18.9 Å². The van der Waals surface area contributed by atoms with Crippen LogP contribution in [0.3, 0.4) is 0 Å². The fraction of sp³-hybridized carbons (Fsp3) is 0.364. The number of carbonyl (C=O) groups is 2. The first kappa shape index (κ1) is 21.6. The van der Waals surface area contributed by atoms with Crippen LogP contribution in [0.1, 0.15) is 35.4 Å². The van der Waals surface area contributed by atoms with E-state index in [-0.39, 0.29) is 42.3 Å². The van der Waals surface area contributed by atoms with Crippen LogP contribution >= 0.6 is 11.3 Å². The Morgan fingerprint density at radius 3 is 2.64 bits per heavy atom.